The van der Waals surface area contributed by atoms with E-state index in [-0.39, 0.29) is 11.5 Å². The molecule has 0 saturated carbocycles. The van der Waals surface area contributed by atoms with Crippen molar-refractivity contribution >= 4 is 17.2 Å². The molecular weight excluding hydrogens is 392 g/mol. The topological polar surface area (TPSA) is 67.2 Å². The van der Waals surface area contributed by atoms with Crippen molar-refractivity contribution in [1.29, 1.82) is 0 Å². The van der Waals surface area contributed by atoms with Crippen molar-refractivity contribution < 1.29 is 9.53 Å². The number of rotatable bonds is 3. The molecule has 1 fully saturated rings. The van der Waals surface area contributed by atoms with Gasteiger partial charge in [0.15, 0.2) is 6.10 Å². The molecule has 0 spiro atoms. The van der Waals surface area contributed by atoms with Crippen LogP contribution in [0.15, 0.2) is 53.3 Å². The van der Waals surface area contributed by atoms with Crippen LogP contribution in [0.4, 0.5) is 5.69 Å². The number of hydrogen-bond acceptors (Lipinski definition) is 5. The molecular formula is C24H26N4O3. The van der Waals surface area contributed by atoms with Crippen LogP contribution in [0.25, 0.3) is 5.65 Å². The predicted molar refractivity (Wildman–Crippen MR) is 119 cm³/mol. The van der Waals surface area contributed by atoms with Gasteiger partial charge in [-0.05, 0) is 50.5 Å². The first-order valence-electron chi connectivity index (χ1n) is 10.9. The van der Waals surface area contributed by atoms with Crippen LogP contribution in [0.1, 0.15) is 30.7 Å². The third-order valence-corrected chi connectivity index (χ3v) is 6.09. The summed E-state index contributed by atoms with van der Waals surface area (Å²) in [4.78, 5) is 34.6. The summed E-state index contributed by atoms with van der Waals surface area (Å²) in [7, 11) is 0. The summed E-state index contributed by atoms with van der Waals surface area (Å²) in [6.07, 6.45) is 2.70. The second-order valence-electron chi connectivity index (χ2n) is 8.29. The first-order valence-corrected chi connectivity index (χ1v) is 10.9. The molecule has 5 rings (SSSR count). The molecule has 0 N–H and O–H groups in total. The van der Waals surface area contributed by atoms with E-state index in [1.54, 1.807) is 10.5 Å². The van der Waals surface area contributed by atoms with E-state index < -0.39 is 6.10 Å². The molecule has 1 amide bonds. The number of ether oxygens (including phenoxy) is 1. The Labute approximate surface area is 180 Å². The first-order chi connectivity index (χ1) is 15.1. The van der Waals surface area contributed by atoms with Crippen LogP contribution in [0.5, 0.6) is 5.75 Å². The molecule has 1 aromatic carbocycles. The molecule has 2 aromatic heterocycles. The Morgan fingerprint density at radius 3 is 2.74 bits per heavy atom. The van der Waals surface area contributed by atoms with Gasteiger partial charge in [0.05, 0.1) is 24.5 Å². The van der Waals surface area contributed by atoms with E-state index in [0.29, 0.717) is 30.2 Å². The highest BCUT2D eigenvalue weighted by atomic mass is 16.5. The number of aryl methyl sites for hydroxylation is 1. The molecule has 0 radical (unpaired) electrons. The number of carbonyl (C=O) groups excluding carboxylic acids is 1. The zero-order valence-electron chi connectivity index (χ0n) is 17.7. The van der Waals surface area contributed by atoms with Crippen LogP contribution in [0, 0.1) is 6.92 Å². The van der Waals surface area contributed by atoms with Crippen molar-refractivity contribution in [3.8, 4) is 5.75 Å². The van der Waals surface area contributed by atoms with Crippen LogP contribution in [-0.2, 0) is 11.3 Å². The number of para-hydroxylation sites is 2. The number of likely N-dealkylation sites (tertiary alicyclic amines) is 1. The minimum atomic E-state index is -0.559. The Morgan fingerprint density at radius 2 is 1.90 bits per heavy atom. The molecule has 3 aromatic rings. The lowest BCUT2D eigenvalue weighted by atomic mass is 10.1. The van der Waals surface area contributed by atoms with Crippen molar-refractivity contribution in [2.45, 2.75) is 38.8 Å². The van der Waals surface area contributed by atoms with Crippen LogP contribution < -0.4 is 15.2 Å². The van der Waals surface area contributed by atoms with Gasteiger partial charge in [0.1, 0.15) is 11.4 Å². The maximum Gasteiger partial charge on any atom is 0.265 e. The van der Waals surface area contributed by atoms with Crippen LogP contribution in [-0.4, -0.2) is 45.9 Å². The third-order valence-electron chi connectivity index (χ3n) is 6.09. The number of nitrogens with zero attached hydrogens (tertiary/aromatic N) is 4. The maximum absolute atomic E-state index is 13.1. The molecule has 7 nitrogen and oxygen atoms in total. The van der Waals surface area contributed by atoms with E-state index in [4.69, 9.17) is 9.72 Å². The van der Waals surface area contributed by atoms with Gasteiger partial charge in [-0.2, -0.15) is 0 Å². The molecule has 160 valence electrons. The molecule has 4 heterocycles. The minimum Gasteiger partial charge on any atom is -0.477 e. The number of benzene rings is 1. The summed E-state index contributed by atoms with van der Waals surface area (Å²) in [5.74, 6) is 0.735. The highest BCUT2D eigenvalue weighted by molar-refractivity contribution is 5.83. The van der Waals surface area contributed by atoms with E-state index in [2.05, 4.69) is 4.90 Å². The van der Waals surface area contributed by atoms with Gasteiger partial charge < -0.3 is 14.5 Å². The number of anilines is 1. The molecule has 2 aliphatic rings. The van der Waals surface area contributed by atoms with Gasteiger partial charge in [0.25, 0.3) is 11.5 Å². The first kappa shape index (κ1) is 19.6. The standard InChI is InChI=1S/C24H26N4O3/c1-17-8-7-11-22-25-18(14-23(29)28(17)22)15-27-16-21(24(30)26-12-5-2-6-13-26)31-20-10-4-3-9-19(20)27/h3-4,7-11,14,21H,2,5-6,12-13,15-16H2,1H3. The molecule has 2 aliphatic heterocycles. The van der Waals surface area contributed by atoms with Crippen molar-refractivity contribution in [2.75, 3.05) is 24.5 Å². The van der Waals surface area contributed by atoms with E-state index in [0.717, 1.165) is 37.3 Å². The Morgan fingerprint density at radius 1 is 1.10 bits per heavy atom. The van der Waals surface area contributed by atoms with Gasteiger partial charge in [-0.3, -0.25) is 14.0 Å². The molecule has 31 heavy (non-hydrogen) atoms. The molecule has 1 unspecified atom stereocenters. The zero-order valence-corrected chi connectivity index (χ0v) is 17.7. The van der Waals surface area contributed by atoms with Crippen LogP contribution in [0.3, 0.4) is 0 Å². The van der Waals surface area contributed by atoms with E-state index in [1.165, 1.54) is 6.42 Å². The third kappa shape index (κ3) is 3.76. The average Bonchev–Trinajstić information content (AvgIpc) is 2.79. The highest BCUT2D eigenvalue weighted by Gasteiger charge is 2.34. The molecule has 1 atom stereocenters. The van der Waals surface area contributed by atoms with Crippen molar-refractivity contribution in [1.82, 2.24) is 14.3 Å². The number of fused-ring (bicyclic) bond motifs is 2. The van der Waals surface area contributed by atoms with Crippen molar-refractivity contribution in [2.24, 2.45) is 0 Å². The molecule has 7 heteroatoms. The van der Waals surface area contributed by atoms with E-state index in [1.807, 2.05) is 54.3 Å². The number of piperidine rings is 1. The van der Waals surface area contributed by atoms with E-state index >= 15 is 0 Å². The van der Waals surface area contributed by atoms with Gasteiger partial charge in [-0.15, -0.1) is 0 Å². The second-order valence-corrected chi connectivity index (χ2v) is 8.29. The van der Waals surface area contributed by atoms with E-state index in [9.17, 15) is 9.59 Å². The van der Waals surface area contributed by atoms with Gasteiger partial charge in [-0.25, -0.2) is 4.98 Å². The number of hydrogen-bond donors (Lipinski definition) is 0. The summed E-state index contributed by atoms with van der Waals surface area (Å²) < 4.78 is 7.72. The molecule has 1 saturated heterocycles. The lowest BCUT2D eigenvalue weighted by molar-refractivity contribution is -0.139. The number of carbonyl (C=O) groups is 1. The fourth-order valence-corrected chi connectivity index (χ4v) is 4.54. The Hall–Kier alpha value is -3.35. The van der Waals surface area contributed by atoms with Gasteiger partial charge in [-0.1, -0.05) is 18.2 Å². The molecule has 0 aliphatic carbocycles. The van der Waals surface area contributed by atoms with Gasteiger partial charge in [0.2, 0.25) is 0 Å². The van der Waals surface area contributed by atoms with Gasteiger partial charge in [0, 0.05) is 24.8 Å². The minimum absolute atomic E-state index is 0.0429. The largest absolute Gasteiger partial charge is 0.477 e. The molecule has 0 bridgehead atoms. The number of pyridine rings is 1. The van der Waals surface area contributed by atoms with Crippen LogP contribution >= 0.6 is 0 Å². The zero-order chi connectivity index (χ0) is 21.4. The second kappa shape index (κ2) is 8.06. The van der Waals surface area contributed by atoms with Crippen LogP contribution in [0.2, 0.25) is 0 Å². The quantitative estimate of drug-likeness (QED) is 0.654. The lowest BCUT2D eigenvalue weighted by Crippen LogP contribution is -2.51. The lowest BCUT2D eigenvalue weighted by Gasteiger charge is -2.38. The predicted octanol–water partition coefficient (Wildman–Crippen LogP) is 2.78. The smallest absolute Gasteiger partial charge is 0.265 e. The Balaban J connectivity index is 1.45. The number of aromatic nitrogens is 2. The highest BCUT2D eigenvalue weighted by Crippen LogP contribution is 2.34. The summed E-state index contributed by atoms with van der Waals surface area (Å²) in [5, 5.41) is 0. The normalized spacial score (nSPS) is 18.5. The summed E-state index contributed by atoms with van der Waals surface area (Å²) >= 11 is 0. The average molecular weight is 418 g/mol. The van der Waals surface area contributed by atoms with Gasteiger partial charge >= 0.3 is 0 Å². The fraction of sp³-hybridized carbons (Fsp3) is 0.375. The SMILES string of the molecule is Cc1cccc2nc(CN3CC(C(=O)N4CCCCC4)Oc4ccccc43)cc(=O)n12. The maximum atomic E-state index is 13.1. The summed E-state index contributed by atoms with van der Waals surface area (Å²) in [6.45, 7) is 4.35. The van der Waals surface area contributed by atoms with Crippen molar-refractivity contribution in [3.63, 3.8) is 0 Å². The monoisotopic (exact) mass is 418 g/mol. The Kier molecular flexibility index (Phi) is 5.10. The van der Waals surface area contributed by atoms with Crippen molar-refractivity contribution in [3.05, 3.63) is 70.3 Å². The Bertz CT molecular complexity index is 1180. The fourth-order valence-electron chi connectivity index (χ4n) is 4.54. The summed E-state index contributed by atoms with van der Waals surface area (Å²) in [5.41, 5.74) is 2.98. The summed E-state index contributed by atoms with van der Waals surface area (Å²) in [6, 6.07) is 15.0. The number of amides is 1.